The molecule has 1 amide bonds. The summed E-state index contributed by atoms with van der Waals surface area (Å²) in [4.78, 5) is 28.3. The van der Waals surface area contributed by atoms with Gasteiger partial charge in [-0.25, -0.2) is 9.97 Å². The quantitative estimate of drug-likeness (QED) is 0.627. The van der Waals surface area contributed by atoms with Crippen molar-refractivity contribution in [2.45, 2.75) is 33.2 Å². The number of nitrogens with zero attached hydrogens (tertiary/aromatic N) is 3. The van der Waals surface area contributed by atoms with Gasteiger partial charge in [-0.2, -0.15) is 0 Å². The first-order valence-electron chi connectivity index (χ1n) is 9.26. The molecule has 0 bridgehead atoms. The lowest BCUT2D eigenvalue weighted by Crippen LogP contribution is -2.31. The number of imidazole rings is 1. The second-order valence-electron chi connectivity index (χ2n) is 7.38. The molecule has 142 valence electrons. The highest BCUT2D eigenvalue weighted by molar-refractivity contribution is 7.15. The Balaban J connectivity index is 1.48. The van der Waals surface area contributed by atoms with E-state index < -0.39 is 0 Å². The summed E-state index contributed by atoms with van der Waals surface area (Å²) in [6.45, 7) is 7.56. The average Bonchev–Trinajstić information content (AvgIpc) is 3.20. The summed E-state index contributed by atoms with van der Waals surface area (Å²) < 4.78 is 0. The number of rotatable bonds is 5. The molecule has 1 aliphatic heterocycles. The van der Waals surface area contributed by atoms with Crippen LogP contribution < -0.4 is 11.1 Å². The molecule has 1 aromatic carbocycles. The molecular formula is C19H24N6OS. The summed E-state index contributed by atoms with van der Waals surface area (Å²) in [6, 6.07) is 5.41. The molecule has 0 radical (unpaired) electrons. The zero-order valence-corrected chi connectivity index (χ0v) is 16.4. The van der Waals surface area contributed by atoms with Gasteiger partial charge in [0.2, 0.25) is 0 Å². The topological polar surface area (TPSA) is 99.9 Å². The molecule has 3 heterocycles. The predicted octanol–water partition coefficient (Wildman–Crippen LogP) is 3.26. The lowest BCUT2D eigenvalue weighted by atomic mass is 10.1. The number of hydrogen-bond donors (Lipinski definition) is 3. The van der Waals surface area contributed by atoms with Crippen LogP contribution in [0, 0.1) is 5.92 Å². The van der Waals surface area contributed by atoms with Crippen LogP contribution in [0.15, 0.2) is 18.2 Å². The lowest BCUT2D eigenvalue weighted by Gasteiger charge is -2.26. The molecule has 1 aliphatic rings. The van der Waals surface area contributed by atoms with E-state index in [1.54, 1.807) is 17.4 Å². The molecule has 0 fully saturated rings. The van der Waals surface area contributed by atoms with Crippen LogP contribution in [0.3, 0.4) is 0 Å². The molecule has 4 rings (SSSR count). The smallest absolute Gasteiger partial charge is 0.259 e. The molecule has 0 aliphatic carbocycles. The maximum Gasteiger partial charge on any atom is 0.259 e. The zero-order chi connectivity index (χ0) is 19.0. The van der Waals surface area contributed by atoms with Crippen LogP contribution in [-0.2, 0) is 13.0 Å². The van der Waals surface area contributed by atoms with Crippen LogP contribution in [0.5, 0.6) is 0 Å². The van der Waals surface area contributed by atoms with Gasteiger partial charge >= 0.3 is 0 Å². The number of para-hydroxylation sites is 1. The van der Waals surface area contributed by atoms with Crippen molar-refractivity contribution in [3.8, 4) is 0 Å². The zero-order valence-electron chi connectivity index (χ0n) is 15.6. The van der Waals surface area contributed by atoms with E-state index in [2.05, 4.69) is 39.0 Å². The van der Waals surface area contributed by atoms with Crippen molar-refractivity contribution < 1.29 is 4.79 Å². The van der Waals surface area contributed by atoms with Crippen LogP contribution in [0.25, 0.3) is 11.0 Å². The molecule has 0 unspecified atom stereocenters. The Morgan fingerprint density at radius 2 is 2.26 bits per heavy atom. The third kappa shape index (κ3) is 3.81. The Morgan fingerprint density at radius 1 is 1.41 bits per heavy atom. The van der Waals surface area contributed by atoms with Gasteiger partial charge in [0.1, 0.15) is 5.52 Å². The fraction of sp³-hybridized carbons (Fsp3) is 0.421. The number of thiazole rings is 1. The van der Waals surface area contributed by atoms with E-state index in [9.17, 15) is 4.79 Å². The predicted molar refractivity (Wildman–Crippen MR) is 109 cm³/mol. The average molecular weight is 385 g/mol. The molecule has 7 nitrogen and oxygen atoms in total. The van der Waals surface area contributed by atoms with Crippen molar-refractivity contribution in [1.82, 2.24) is 19.9 Å². The van der Waals surface area contributed by atoms with Crippen molar-refractivity contribution in [3.05, 3.63) is 34.3 Å². The number of H-pyrrole nitrogens is 1. The number of hydrogen-bond acceptors (Lipinski definition) is 6. The third-order valence-corrected chi connectivity index (χ3v) is 5.83. The Kier molecular flexibility index (Phi) is 4.84. The number of fused-ring (bicyclic) bond motifs is 2. The fourth-order valence-corrected chi connectivity index (χ4v) is 4.38. The number of benzene rings is 1. The third-order valence-electron chi connectivity index (χ3n) is 4.83. The highest BCUT2D eigenvalue weighted by Crippen LogP contribution is 2.29. The van der Waals surface area contributed by atoms with Gasteiger partial charge in [0.05, 0.1) is 16.8 Å². The molecule has 3 aromatic rings. The van der Waals surface area contributed by atoms with Crippen LogP contribution in [0.1, 0.15) is 41.2 Å². The molecule has 0 saturated carbocycles. The molecule has 4 N–H and O–H groups in total. The summed E-state index contributed by atoms with van der Waals surface area (Å²) in [5.41, 5.74) is 8.65. The van der Waals surface area contributed by atoms with Gasteiger partial charge in [0, 0.05) is 24.4 Å². The minimum atomic E-state index is -0.213. The first-order chi connectivity index (χ1) is 13.0. The number of aromatic amines is 1. The monoisotopic (exact) mass is 384 g/mol. The molecular weight excluding hydrogens is 360 g/mol. The summed E-state index contributed by atoms with van der Waals surface area (Å²) in [5, 5.41) is 3.59. The largest absolute Gasteiger partial charge is 0.369 e. The first-order valence-corrected chi connectivity index (χ1v) is 10.1. The van der Waals surface area contributed by atoms with Crippen molar-refractivity contribution >= 4 is 39.4 Å². The van der Waals surface area contributed by atoms with Crippen LogP contribution in [0.2, 0.25) is 0 Å². The van der Waals surface area contributed by atoms with Gasteiger partial charge in [-0.3, -0.25) is 15.0 Å². The molecule has 8 heteroatoms. The van der Waals surface area contributed by atoms with Crippen molar-refractivity contribution in [2.24, 2.45) is 5.92 Å². The Labute approximate surface area is 162 Å². The number of nitrogens with two attached hydrogens (primary N) is 1. The second kappa shape index (κ2) is 7.28. The number of anilines is 2. The summed E-state index contributed by atoms with van der Waals surface area (Å²) in [7, 11) is 0. The maximum absolute atomic E-state index is 12.7. The number of aromatic nitrogens is 3. The maximum atomic E-state index is 12.7. The molecule has 0 atom stereocenters. The van der Waals surface area contributed by atoms with E-state index >= 15 is 0 Å². The Morgan fingerprint density at radius 3 is 3.07 bits per heavy atom. The minimum Gasteiger partial charge on any atom is -0.369 e. The first kappa shape index (κ1) is 17.9. The van der Waals surface area contributed by atoms with Crippen LogP contribution in [-0.4, -0.2) is 38.8 Å². The van der Waals surface area contributed by atoms with E-state index in [1.807, 2.05) is 12.1 Å². The van der Waals surface area contributed by atoms with E-state index in [1.165, 1.54) is 11.3 Å². The van der Waals surface area contributed by atoms with Gasteiger partial charge < -0.3 is 10.7 Å². The van der Waals surface area contributed by atoms with Gasteiger partial charge in [-0.05, 0) is 31.0 Å². The van der Waals surface area contributed by atoms with Gasteiger partial charge in [-0.15, -0.1) is 11.3 Å². The van der Waals surface area contributed by atoms with Crippen LogP contribution >= 0.6 is 11.3 Å². The van der Waals surface area contributed by atoms with E-state index in [4.69, 9.17) is 5.73 Å². The minimum absolute atomic E-state index is 0.213. The van der Waals surface area contributed by atoms with Crippen molar-refractivity contribution in [3.63, 3.8) is 0 Å². The fourth-order valence-electron chi connectivity index (χ4n) is 3.33. The van der Waals surface area contributed by atoms with Crippen molar-refractivity contribution in [1.29, 1.82) is 0 Å². The normalized spacial score (nSPS) is 14.6. The number of carbonyl (C=O) groups excluding carboxylic acids is 1. The SMILES string of the molecule is CC(C)CCN1CCc2nc(NC(=O)c3cccc4[nH]c(N)nc34)sc2C1. The standard InChI is InChI=1S/C19H24N6OS/c1-11(2)6-8-25-9-7-13-15(10-25)27-19(22-13)24-17(26)12-4-3-5-14-16(12)23-18(20)21-14/h3-5,11H,6-10H2,1-2H3,(H3,20,21,23)(H,22,24,26). The summed E-state index contributed by atoms with van der Waals surface area (Å²) in [6.07, 6.45) is 2.14. The molecule has 27 heavy (non-hydrogen) atoms. The second-order valence-corrected chi connectivity index (χ2v) is 8.46. The van der Waals surface area contributed by atoms with Gasteiger partial charge in [-0.1, -0.05) is 19.9 Å². The number of nitrogens with one attached hydrogen (secondary N) is 2. The molecule has 2 aromatic heterocycles. The van der Waals surface area contributed by atoms with E-state index in [-0.39, 0.29) is 5.91 Å². The van der Waals surface area contributed by atoms with Crippen molar-refractivity contribution in [2.75, 3.05) is 24.1 Å². The Hall–Kier alpha value is -2.45. The highest BCUT2D eigenvalue weighted by atomic mass is 32.1. The summed E-state index contributed by atoms with van der Waals surface area (Å²) >= 11 is 1.57. The number of nitrogen functional groups attached to an aromatic ring is 1. The summed E-state index contributed by atoms with van der Waals surface area (Å²) in [5.74, 6) is 0.799. The van der Waals surface area contributed by atoms with E-state index in [0.717, 1.165) is 37.3 Å². The molecule has 0 saturated heterocycles. The highest BCUT2D eigenvalue weighted by Gasteiger charge is 2.22. The number of amides is 1. The lowest BCUT2D eigenvalue weighted by molar-refractivity contribution is 0.102. The van der Waals surface area contributed by atoms with Gasteiger partial charge in [0.15, 0.2) is 11.1 Å². The van der Waals surface area contributed by atoms with Crippen LogP contribution in [0.4, 0.5) is 11.1 Å². The van der Waals surface area contributed by atoms with Gasteiger partial charge in [0.25, 0.3) is 5.91 Å². The van der Waals surface area contributed by atoms with E-state index in [0.29, 0.717) is 28.1 Å². The number of carbonyl (C=O) groups is 1. The Bertz CT molecular complexity index is 976. The molecule has 0 spiro atoms.